The second-order valence-electron chi connectivity index (χ2n) is 6.64. The number of nitrogens with zero attached hydrogens (tertiary/aromatic N) is 3. The molecule has 5 N–H and O–H groups in total. The summed E-state index contributed by atoms with van der Waals surface area (Å²) < 4.78 is 43.8. The zero-order valence-electron chi connectivity index (χ0n) is 19.2. The maximum Gasteiger partial charge on any atom is 0.296 e. The molecular formula is C18H27N7O8S2. The number of rotatable bonds is 17. The molecule has 2 rings (SSSR count). The van der Waals surface area contributed by atoms with Crippen molar-refractivity contribution in [1.29, 1.82) is 0 Å². The molecule has 0 saturated heterocycles. The first kappa shape index (κ1) is 28.6. The lowest BCUT2D eigenvalue weighted by Crippen LogP contribution is -2.29. The van der Waals surface area contributed by atoms with Crippen molar-refractivity contribution in [2.75, 3.05) is 44.8 Å². The molecule has 1 aromatic carbocycles. The Morgan fingerprint density at radius 2 is 1.97 bits per heavy atom. The molecule has 0 fully saturated rings. The molecule has 0 spiro atoms. The van der Waals surface area contributed by atoms with Gasteiger partial charge in [-0.25, -0.2) is 4.28 Å². The Hall–Kier alpha value is -2.64. The molecule has 0 aliphatic carbocycles. The summed E-state index contributed by atoms with van der Waals surface area (Å²) in [5.41, 5.74) is 3.32. The second kappa shape index (κ2) is 14.7. The third-order valence-electron chi connectivity index (χ3n) is 3.93. The number of aliphatic hydroxyl groups is 1. The Morgan fingerprint density at radius 1 is 1.20 bits per heavy atom. The fourth-order valence-electron chi connectivity index (χ4n) is 2.36. The van der Waals surface area contributed by atoms with Crippen molar-refractivity contribution in [2.45, 2.75) is 29.7 Å². The van der Waals surface area contributed by atoms with Gasteiger partial charge in [0.2, 0.25) is 17.1 Å². The van der Waals surface area contributed by atoms with E-state index in [9.17, 15) is 18.3 Å². The van der Waals surface area contributed by atoms with Gasteiger partial charge in [0.15, 0.2) is 0 Å². The van der Waals surface area contributed by atoms with Gasteiger partial charge in [0.05, 0.1) is 43.6 Å². The van der Waals surface area contributed by atoms with Crippen molar-refractivity contribution in [2.24, 2.45) is 0 Å². The van der Waals surface area contributed by atoms with Crippen molar-refractivity contribution in [3.05, 3.63) is 23.8 Å². The van der Waals surface area contributed by atoms with Crippen molar-refractivity contribution >= 4 is 46.2 Å². The van der Waals surface area contributed by atoms with Gasteiger partial charge in [-0.3, -0.25) is 14.3 Å². The van der Waals surface area contributed by atoms with Crippen molar-refractivity contribution in [1.82, 2.24) is 25.7 Å². The van der Waals surface area contributed by atoms with Gasteiger partial charge in [-0.05, 0) is 19.1 Å². The van der Waals surface area contributed by atoms with Crippen molar-refractivity contribution in [3.8, 4) is 0 Å². The van der Waals surface area contributed by atoms with Crippen LogP contribution in [0.3, 0.4) is 0 Å². The first-order valence-corrected chi connectivity index (χ1v) is 12.1. The van der Waals surface area contributed by atoms with Crippen LogP contribution in [0.4, 0.5) is 17.6 Å². The molecule has 1 atom stereocenters. The highest BCUT2D eigenvalue weighted by Gasteiger charge is 2.17. The number of hydrogen-bond donors (Lipinski definition) is 5. The molecule has 1 aromatic heterocycles. The number of hydrogen-bond acceptors (Lipinski definition) is 16. The van der Waals surface area contributed by atoms with Crippen LogP contribution in [-0.4, -0.2) is 75.2 Å². The van der Waals surface area contributed by atoms with Gasteiger partial charge >= 0.3 is 0 Å². The summed E-state index contributed by atoms with van der Waals surface area (Å²) >= 11 is 0.797. The summed E-state index contributed by atoms with van der Waals surface area (Å²) in [6, 6.07) is 4.07. The summed E-state index contributed by atoms with van der Waals surface area (Å²) in [7, 11) is -1.41. The molecule has 15 nitrogen and oxygen atoms in total. The third kappa shape index (κ3) is 9.86. The van der Waals surface area contributed by atoms with Crippen LogP contribution in [0.15, 0.2) is 28.3 Å². The SMILES string of the molecule is COCNCNOSc1nc(NCC(C)O)nc(Nc2cc(S(=O)(=O)OC)ccc2COC=O)n1. The molecule has 2 aromatic rings. The summed E-state index contributed by atoms with van der Waals surface area (Å²) in [4.78, 5) is 23.2. The number of nitrogens with one attached hydrogen (secondary N) is 4. The van der Waals surface area contributed by atoms with Crippen LogP contribution >= 0.6 is 12.0 Å². The quantitative estimate of drug-likeness (QED) is 0.0458. The minimum Gasteiger partial charge on any atom is -0.463 e. The van der Waals surface area contributed by atoms with Crippen LogP contribution in [0.5, 0.6) is 0 Å². The molecule has 17 heteroatoms. The van der Waals surface area contributed by atoms with Gasteiger partial charge in [0, 0.05) is 24.9 Å². The topological polar surface area (TPSA) is 195 Å². The Kier molecular flexibility index (Phi) is 12.0. The van der Waals surface area contributed by atoms with E-state index in [1.807, 2.05) is 0 Å². The monoisotopic (exact) mass is 533 g/mol. The fourth-order valence-corrected chi connectivity index (χ4v) is 3.49. The molecule has 0 bridgehead atoms. The largest absolute Gasteiger partial charge is 0.463 e. The third-order valence-corrected chi connectivity index (χ3v) is 5.73. The van der Waals surface area contributed by atoms with Gasteiger partial charge in [0.25, 0.3) is 16.6 Å². The molecule has 0 aliphatic rings. The van der Waals surface area contributed by atoms with Crippen LogP contribution in [-0.2, 0) is 39.5 Å². The fraction of sp³-hybridized carbons (Fsp3) is 0.444. The summed E-state index contributed by atoms with van der Waals surface area (Å²) in [6.07, 6.45) is -0.674. The molecule has 0 aliphatic heterocycles. The lowest BCUT2D eigenvalue weighted by molar-refractivity contribution is -0.129. The van der Waals surface area contributed by atoms with Gasteiger partial charge in [-0.1, -0.05) is 6.07 Å². The van der Waals surface area contributed by atoms with Gasteiger partial charge < -0.3 is 25.2 Å². The molecule has 1 unspecified atom stereocenters. The van der Waals surface area contributed by atoms with E-state index >= 15 is 0 Å². The minimum atomic E-state index is -4.00. The van der Waals surface area contributed by atoms with Gasteiger partial charge in [-0.15, -0.1) is 0 Å². The smallest absolute Gasteiger partial charge is 0.296 e. The molecule has 0 amide bonds. The van der Waals surface area contributed by atoms with E-state index in [0.717, 1.165) is 19.2 Å². The van der Waals surface area contributed by atoms with Crippen LogP contribution in [0.1, 0.15) is 12.5 Å². The number of aliphatic hydroxyl groups excluding tert-OH is 1. The Morgan fingerprint density at radius 3 is 2.66 bits per heavy atom. The van der Waals surface area contributed by atoms with Crippen LogP contribution in [0.2, 0.25) is 0 Å². The van der Waals surface area contributed by atoms with Gasteiger partial charge in [0.1, 0.15) is 6.61 Å². The lowest BCUT2D eigenvalue weighted by Gasteiger charge is -2.14. The minimum absolute atomic E-state index is 0.0241. The number of aromatic nitrogens is 3. The number of benzene rings is 1. The van der Waals surface area contributed by atoms with Crippen LogP contribution in [0, 0.1) is 0 Å². The first-order chi connectivity index (χ1) is 16.8. The van der Waals surface area contributed by atoms with Crippen LogP contribution < -0.4 is 21.4 Å². The predicted octanol–water partition coefficient (Wildman–Crippen LogP) is 0.0953. The molecule has 1 heterocycles. The first-order valence-electron chi connectivity index (χ1n) is 9.99. The molecular weight excluding hydrogens is 506 g/mol. The Bertz CT molecular complexity index is 1060. The normalized spacial score (nSPS) is 12.2. The Balaban J connectivity index is 2.31. The highest BCUT2D eigenvalue weighted by atomic mass is 32.2. The molecule has 35 heavy (non-hydrogen) atoms. The molecule has 0 saturated carbocycles. The summed E-state index contributed by atoms with van der Waals surface area (Å²) in [5.74, 6) is 0.148. The molecule has 0 radical (unpaired) electrons. The average Bonchev–Trinajstić information content (AvgIpc) is 2.84. The number of ether oxygens (including phenoxy) is 2. The number of hydroxylamine groups is 1. The van der Waals surface area contributed by atoms with E-state index in [-0.39, 0.29) is 53.9 Å². The number of anilines is 3. The number of methoxy groups -OCH3 is 1. The number of carbonyl (C=O) groups excluding carboxylic acids is 1. The zero-order chi connectivity index (χ0) is 25.7. The number of carbonyl (C=O) groups is 1. The van der Waals surface area contributed by atoms with Gasteiger partial charge in [-0.2, -0.15) is 28.8 Å². The lowest BCUT2D eigenvalue weighted by atomic mass is 10.2. The maximum atomic E-state index is 12.1. The van der Waals surface area contributed by atoms with E-state index < -0.39 is 16.2 Å². The van der Waals surface area contributed by atoms with E-state index in [2.05, 4.69) is 40.6 Å². The Labute approximate surface area is 206 Å². The van der Waals surface area contributed by atoms with Crippen LogP contribution in [0.25, 0.3) is 0 Å². The molecule has 194 valence electrons. The highest BCUT2D eigenvalue weighted by molar-refractivity contribution is 7.94. The predicted molar refractivity (Wildman–Crippen MR) is 125 cm³/mol. The van der Waals surface area contributed by atoms with E-state index in [1.54, 1.807) is 14.0 Å². The van der Waals surface area contributed by atoms with E-state index in [4.69, 9.17) is 13.8 Å². The average molecular weight is 534 g/mol. The van der Waals surface area contributed by atoms with E-state index in [0.29, 0.717) is 12.3 Å². The highest BCUT2D eigenvalue weighted by Crippen LogP contribution is 2.26. The summed E-state index contributed by atoms with van der Waals surface area (Å²) in [6.45, 7) is 2.48. The van der Waals surface area contributed by atoms with Crippen molar-refractivity contribution < 1.29 is 36.3 Å². The second-order valence-corrected chi connectivity index (χ2v) is 9.05. The van der Waals surface area contributed by atoms with E-state index in [1.165, 1.54) is 18.2 Å². The zero-order valence-corrected chi connectivity index (χ0v) is 20.8. The van der Waals surface area contributed by atoms with Crippen molar-refractivity contribution in [3.63, 3.8) is 0 Å². The maximum absolute atomic E-state index is 12.1. The standard InChI is InChI=1S/C18H27N7O8S2/c1-12(27)7-20-16-23-17(25-18(24-16)34-33-21-9-19-10-30-2)22-15-6-14(35(28,29)31-3)5-4-13(15)8-32-11-26/h4-6,11-12,19,21,27H,7-10H2,1-3H3,(H2,20,22,23,24,25). The summed E-state index contributed by atoms with van der Waals surface area (Å²) in [5, 5.41) is 18.4.